The maximum Gasteiger partial charge on any atom is 0.207 e. The smallest absolute Gasteiger partial charge is 0.207 e. The average Bonchev–Trinajstić information content (AvgIpc) is 3.15. The van der Waals surface area contributed by atoms with E-state index in [9.17, 15) is 8.42 Å². The number of benzene rings is 2. The number of aromatic nitrogens is 2. The van der Waals surface area contributed by atoms with E-state index in [4.69, 9.17) is 9.47 Å². The molecular weight excluding hydrogens is 454 g/mol. The normalized spacial score (nSPS) is 15.0. The van der Waals surface area contributed by atoms with Crippen LogP contribution in [-0.4, -0.2) is 43.3 Å². The SMILES string of the molecule is Cc1nsc(Nc2ccc(Sc3ccc(S(C)(=O)=O)cc3)c(OC3CCOCC3)c2)n1. The first-order chi connectivity index (χ1) is 14.9. The minimum Gasteiger partial charge on any atom is -0.489 e. The molecule has 1 saturated heterocycles. The molecule has 2 aromatic carbocycles. The molecule has 1 fully saturated rings. The minimum atomic E-state index is -3.22. The summed E-state index contributed by atoms with van der Waals surface area (Å²) < 4.78 is 39.4. The third kappa shape index (κ3) is 5.97. The number of rotatable bonds is 7. The molecule has 0 atom stereocenters. The first kappa shape index (κ1) is 22.1. The van der Waals surface area contributed by atoms with Crippen LogP contribution in [0.1, 0.15) is 18.7 Å². The first-order valence-corrected chi connectivity index (χ1v) is 13.3. The zero-order chi connectivity index (χ0) is 21.8. The molecule has 0 spiro atoms. The second kappa shape index (κ2) is 9.56. The number of anilines is 2. The van der Waals surface area contributed by atoms with Gasteiger partial charge in [-0.2, -0.15) is 4.37 Å². The van der Waals surface area contributed by atoms with Crippen molar-refractivity contribution >= 4 is 44.0 Å². The molecule has 3 aromatic rings. The molecule has 1 aliphatic heterocycles. The third-order valence-corrected chi connectivity index (χ3v) is 7.58. The molecule has 0 radical (unpaired) electrons. The summed E-state index contributed by atoms with van der Waals surface area (Å²) >= 11 is 2.85. The van der Waals surface area contributed by atoms with Crippen molar-refractivity contribution in [2.45, 2.75) is 40.6 Å². The fourth-order valence-electron chi connectivity index (χ4n) is 3.09. The van der Waals surface area contributed by atoms with Gasteiger partial charge in [-0.05, 0) is 43.3 Å². The molecule has 10 heteroatoms. The van der Waals surface area contributed by atoms with Gasteiger partial charge in [0.15, 0.2) is 9.84 Å². The molecule has 7 nitrogen and oxygen atoms in total. The lowest BCUT2D eigenvalue weighted by Gasteiger charge is -2.25. The van der Waals surface area contributed by atoms with Gasteiger partial charge in [0, 0.05) is 47.3 Å². The Kier molecular flexibility index (Phi) is 6.80. The summed E-state index contributed by atoms with van der Waals surface area (Å²) in [7, 11) is -3.22. The Balaban J connectivity index is 1.58. The van der Waals surface area contributed by atoms with E-state index < -0.39 is 9.84 Å². The number of hydrogen-bond acceptors (Lipinski definition) is 9. The molecule has 1 aliphatic rings. The van der Waals surface area contributed by atoms with Crippen LogP contribution in [0.15, 0.2) is 57.2 Å². The van der Waals surface area contributed by atoms with Crippen molar-refractivity contribution in [1.82, 2.24) is 9.36 Å². The first-order valence-electron chi connectivity index (χ1n) is 9.80. The Hall–Kier alpha value is -2.14. The Bertz CT molecular complexity index is 1140. The molecule has 0 aliphatic carbocycles. The van der Waals surface area contributed by atoms with Crippen LogP contribution in [0.5, 0.6) is 5.75 Å². The van der Waals surface area contributed by atoms with Gasteiger partial charge in [-0.25, -0.2) is 13.4 Å². The van der Waals surface area contributed by atoms with Crippen molar-refractivity contribution in [2.24, 2.45) is 0 Å². The van der Waals surface area contributed by atoms with Crippen molar-refractivity contribution in [3.63, 3.8) is 0 Å². The number of nitrogens with zero attached hydrogens (tertiary/aromatic N) is 2. The van der Waals surface area contributed by atoms with Crippen LogP contribution in [-0.2, 0) is 14.6 Å². The number of ether oxygens (including phenoxy) is 2. The van der Waals surface area contributed by atoms with Crippen LogP contribution in [0.4, 0.5) is 10.8 Å². The standard InChI is InChI=1S/C21H23N3O4S3/c1-14-22-21(30-24-14)23-15-3-8-20(19(13-15)28-16-9-11-27-12-10-16)29-17-4-6-18(7-5-17)31(2,25)26/h3-8,13,16H,9-12H2,1-2H3,(H,22,23,24). The van der Waals surface area contributed by atoms with Gasteiger partial charge in [0.05, 0.1) is 23.0 Å². The van der Waals surface area contributed by atoms with Gasteiger partial charge in [-0.1, -0.05) is 11.8 Å². The van der Waals surface area contributed by atoms with Crippen LogP contribution in [0.3, 0.4) is 0 Å². The van der Waals surface area contributed by atoms with E-state index in [1.165, 1.54) is 29.6 Å². The van der Waals surface area contributed by atoms with Gasteiger partial charge in [-0.15, -0.1) is 0 Å². The molecule has 1 aromatic heterocycles. The van der Waals surface area contributed by atoms with E-state index >= 15 is 0 Å². The summed E-state index contributed by atoms with van der Waals surface area (Å²) in [6.45, 7) is 3.25. The quantitative estimate of drug-likeness (QED) is 0.524. The zero-order valence-electron chi connectivity index (χ0n) is 17.2. The second-order valence-electron chi connectivity index (χ2n) is 7.21. The summed E-state index contributed by atoms with van der Waals surface area (Å²) in [4.78, 5) is 6.55. The number of nitrogens with one attached hydrogen (secondary N) is 1. The zero-order valence-corrected chi connectivity index (χ0v) is 19.6. The van der Waals surface area contributed by atoms with Crippen molar-refractivity contribution in [3.8, 4) is 5.75 Å². The lowest BCUT2D eigenvalue weighted by atomic mass is 10.1. The van der Waals surface area contributed by atoms with Crippen molar-refractivity contribution in [3.05, 3.63) is 48.3 Å². The highest BCUT2D eigenvalue weighted by Crippen LogP contribution is 2.38. The van der Waals surface area contributed by atoms with Crippen LogP contribution in [0, 0.1) is 6.92 Å². The Morgan fingerprint density at radius 1 is 1.16 bits per heavy atom. The lowest BCUT2D eigenvalue weighted by Crippen LogP contribution is -2.26. The number of aryl methyl sites for hydroxylation is 1. The summed E-state index contributed by atoms with van der Waals surface area (Å²) in [5.41, 5.74) is 0.870. The molecule has 0 bridgehead atoms. The van der Waals surface area contributed by atoms with E-state index in [2.05, 4.69) is 14.7 Å². The van der Waals surface area contributed by atoms with Crippen LogP contribution in [0.25, 0.3) is 0 Å². The fraction of sp³-hybridized carbons (Fsp3) is 0.333. The van der Waals surface area contributed by atoms with Crippen LogP contribution >= 0.6 is 23.3 Å². The van der Waals surface area contributed by atoms with Crippen LogP contribution in [0.2, 0.25) is 0 Å². The topological polar surface area (TPSA) is 90.4 Å². The summed E-state index contributed by atoms with van der Waals surface area (Å²) in [5.74, 6) is 1.51. The van der Waals surface area contributed by atoms with Gasteiger partial charge < -0.3 is 14.8 Å². The van der Waals surface area contributed by atoms with Gasteiger partial charge >= 0.3 is 0 Å². The van der Waals surface area contributed by atoms with Gasteiger partial charge in [0.2, 0.25) is 5.13 Å². The fourth-order valence-corrected chi connectivity index (χ4v) is 5.18. The third-order valence-electron chi connectivity index (χ3n) is 4.66. The Morgan fingerprint density at radius 2 is 1.90 bits per heavy atom. The highest BCUT2D eigenvalue weighted by atomic mass is 32.2. The summed E-state index contributed by atoms with van der Waals surface area (Å²) in [6, 6.07) is 12.8. The molecule has 0 unspecified atom stereocenters. The maximum absolute atomic E-state index is 11.7. The van der Waals surface area contributed by atoms with E-state index in [1.807, 2.05) is 37.3 Å². The van der Waals surface area contributed by atoms with Crippen molar-refractivity contribution in [2.75, 3.05) is 24.8 Å². The Labute approximate surface area is 190 Å². The molecule has 1 N–H and O–H groups in total. The maximum atomic E-state index is 11.7. The molecule has 2 heterocycles. The number of sulfone groups is 1. The van der Waals surface area contributed by atoms with Gasteiger partial charge in [0.1, 0.15) is 17.7 Å². The summed E-state index contributed by atoms with van der Waals surface area (Å²) in [6.07, 6.45) is 3.00. The molecule has 0 amide bonds. The highest BCUT2D eigenvalue weighted by Gasteiger charge is 2.18. The molecular formula is C21H23N3O4S3. The van der Waals surface area contributed by atoms with E-state index in [0.717, 1.165) is 45.0 Å². The second-order valence-corrected chi connectivity index (χ2v) is 11.1. The average molecular weight is 478 g/mol. The minimum absolute atomic E-state index is 0.0970. The van der Waals surface area contributed by atoms with Crippen molar-refractivity contribution in [1.29, 1.82) is 0 Å². The van der Waals surface area contributed by atoms with Crippen molar-refractivity contribution < 1.29 is 17.9 Å². The van der Waals surface area contributed by atoms with E-state index in [0.29, 0.717) is 18.1 Å². The molecule has 164 valence electrons. The summed E-state index contributed by atoms with van der Waals surface area (Å²) in [5, 5.41) is 4.01. The van der Waals surface area contributed by atoms with Crippen LogP contribution < -0.4 is 10.1 Å². The monoisotopic (exact) mass is 477 g/mol. The van der Waals surface area contributed by atoms with E-state index in [1.54, 1.807) is 12.1 Å². The molecule has 31 heavy (non-hydrogen) atoms. The number of hydrogen-bond donors (Lipinski definition) is 1. The highest BCUT2D eigenvalue weighted by molar-refractivity contribution is 7.99. The Morgan fingerprint density at radius 3 is 2.55 bits per heavy atom. The lowest BCUT2D eigenvalue weighted by molar-refractivity contribution is 0.0245. The predicted octanol–water partition coefficient (Wildman–Crippen LogP) is 4.70. The largest absolute Gasteiger partial charge is 0.489 e. The van der Waals surface area contributed by atoms with E-state index in [-0.39, 0.29) is 6.10 Å². The predicted molar refractivity (Wildman–Crippen MR) is 123 cm³/mol. The van der Waals surface area contributed by atoms with Gasteiger partial charge in [-0.3, -0.25) is 0 Å². The molecule has 0 saturated carbocycles. The van der Waals surface area contributed by atoms with Gasteiger partial charge in [0.25, 0.3) is 0 Å². The molecule has 4 rings (SSSR count).